The number of nitrogens with two attached hydrogens (primary N) is 1. The van der Waals surface area contributed by atoms with E-state index in [0.717, 1.165) is 49.9 Å². The third kappa shape index (κ3) is 2.48. The summed E-state index contributed by atoms with van der Waals surface area (Å²) in [5, 5.41) is 0. The predicted octanol–water partition coefficient (Wildman–Crippen LogP) is 0.123. The Balaban J connectivity index is 2.24. The van der Waals surface area contributed by atoms with Crippen LogP contribution < -0.4 is 10.6 Å². The highest BCUT2D eigenvalue weighted by atomic mass is 16.5. The standard InChI is InChI=1S/C11H18N4O/c1-9-13-8-10(2-3-12)11(14-9)15-4-6-16-7-5-15/h8H,2-7,12H2,1H3. The molecule has 1 aromatic rings. The van der Waals surface area contributed by atoms with Gasteiger partial charge in [-0.1, -0.05) is 0 Å². The third-order valence-corrected chi connectivity index (χ3v) is 2.69. The topological polar surface area (TPSA) is 64.3 Å². The molecule has 16 heavy (non-hydrogen) atoms. The molecule has 0 radical (unpaired) electrons. The van der Waals surface area contributed by atoms with Crippen LogP contribution in [-0.2, 0) is 11.2 Å². The summed E-state index contributed by atoms with van der Waals surface area (Å²) in [5.74, 6) is 1.84. The van der Waals surface area contributed by atoms with Crippen molar-refractivity contribution in [3.8, 4) is 0 Å². The third-order valence-electron chi connectivity index (χ3n) is 2.69. The predicted molar refractivity (Wildman–Crippen MR) is 62.6 cm³/mol. The van der Waals surface area contributed by atoms with Gasteiger partial charge < -0.3 is 15.4 Å². The van der Waals surface area contributed by atoms with Gasteiger partial charge in [-0.15, -0.1) is 0 Å². The molecule has 0 aromatic carbocycles. The van der Waals surface area contributed by atoms with Crippen LogP contribution in [0, 0.1) is 6.92 Å². The first-order valence-corrected chi connectivity index (χ1v) is 5.66. The van der Waals surface area contributed by atoms with Gasteiger partial charge in [0.25, 0.3) is 0 Å². The van der Waals surface area contributed by atoms with Gasteiger partial charge in [0.1, 0.15) is 11.6 Å². The number of morpholine rings is 1. The molecular formula is C11H18N4O. The van der Waals surface area contributed by atoms with E-state index in [1.54, 1.807) is 0 Å². The van der Waals surface area contributed by atoms with Crippen molar-refractivity contribution in [2.75, 3.05) is 37.7 Å². The zero-order chi connectivity index (χ0) is 11.4. The zero-order valence-electron chi connectivity index (χ0n) is 9.65. The van der Waals surface area contributed by atoms with Crippen LogP contribution >= 0.6 is 0 Å². The summed E-state index contributed by atoms with van der Waals surface area (Å²) in [4.78, 5) is 11.0. The molecule has 2 heterocycles. The van der Waals surface area contributed by atoms with Gasteiger partial charge in [-0.05, 0) is 19.9 Å². The molecule has 0 spiro atoms. The first kappa shape index (κ1) is 11.3. The van der Waals surface area contributed by atoms with Crippen molar-refractivity contribution in [1.82, 2.24) is 9.97 Å². The second kappa shape index (κ2) is 5.23. The summed E-state index contributed by atoms with van der Waals surface area (Å²) in [6, 6.07) is 0. The molecule has 0 aliphatic carbocycles. The van der Waals surface area contributed by atoms with Crippen molar-refractivity contribution in [3.63, 3.8) is 0 Å². The molecule has 1 aliphatic heterocycles. The molecule has 2 N–H and O–H groups in total. The minimum absolute atomic E-state index is 0.629. The summed E-state index contributed by atoms with van der Waals surface area (Å²) in [6.07, 6.45) is 2.72. The Bertz CT molecular complexity index is 350. The average molecular weight is 222 g/mol. The lowest BCUT2D eigenvalue weighted by Crippen LogP contribution is -2.37. The minimum Gasteiger partial charge on any atom is -0.378 e. The van der Waals surface area contributed by atoms with Crippen LogP contribution in [-0.4, -0.2) is 42.8 Å². The number of hydrogen-bond donors (Lipinski definition) is 1. The molecule has 1 saturated heterocycles. The monoisotopic (exact) mass is 222 g/mol. The second-order valence-electron chi connectivity index (χ2n) is 3.90. The van der Waals surface area contributed by atoms with Gasteiger partial charge in [0.15, 0.2) is 0 Å². The van der Waals surface area contributed by atoms with Crippen molar-refractivity contribution >= 4 is 5.82 Å². The maximum atomic E-state index is 5.60. The van der Waals surface area contributed by atoms with Crippen LogP contribution in [0.15, 0.2) is 6.20 Å². The lowest BCUT2D eigenvalue weighted by atomic mass is 10.2. The van der Waals surface area contributed by atoms with E-state index in [1.807, 2.05) is 13.1 Å². The molecule has 1 aliphatic rings. The summed E-state index contributed by atoms with van der Waals surface area (Å²) in [6.45, 7) is 5.87. The fourth-order valence-corrected chi connectivity index (χ4v) is 1.86. The Hall–Kier alpha value is -1.20. The minimum atomic E-state index is 0.629. The number of rotatable bonds is 3. The molecule has 0 unspecified atom stereocenters. The molecule has 0 bridgehead atoms. The van der Waals surface area contributed by atoms with E-state index in [0.29, 0.717) is 6.54 Å². The zero-order valence-corrected chi connectivity index (χ0v) is 9.65. The van der Waals surface area contributed by atoms with Gasteiger partial charge in [-0.2, -0.15) is 0 Å². The molecule has 1 fully saturated rings. The van der Waals surface area contributed by atoms with Crippen LogP contribution in [0.5, 0.6) is 0 Å². The Morgan fingerprint density at radius 3 is 2.88 bits per heavy atom. The number of nitrogens with zero attached hydrogens (tertiary/aromatic N) is 3. The Morgan fingerprint density at radius 1 is 1.44 bits per heavy atom. The van der Waals surface area contributed by atoms with E-state index >= 15 is 0 Å². The summed E-state index contributed by atoms with van der Waals surface area (Å²) < 4.78 is 5.34. The van der Waals surface area contributed by atoms with Gasteiger partial charge in [0, 0.05) is 24.8 Å². The van der Waals surface area contributed by atoms with Crippen molar-refractivity contribution in [1.29, 1.82) is 0 Å². The molecule has 5 nitrogen and oxygen atoms in total. The number of aromatic nitrogens is 2. The number of ether oxygens (including phenoxy) is 1. The molecule has 0 saturated carbocycles. The lowest BCUT2D eigenvalue weighted by Gasteiger charge is -2.29. The quantitative estimate of drug-likeness (QED) is 0.787. The molecule has 0 amide bonds. The van der Waals surface area contributed by atoms with Crippen LogP contribution in [0.25, 0.3) is 0 Å². The number of aryl methyl sites for hydroxylation is 1. The summed E-state index contributed by atoms with van der Waals surface area (Å²) in [7, 11) is 0. The maximum absolute atomic E-state index is 5.60. The highest BCUT2D eigenvalue weighted by molar-refractivity contribution is 5.46. The van der Waals surface area contributed by atoms with Gasteiger partial charge in [0.2, 0.25) is 0 Å². The first-order chi connectivity index (χ1) is 7.81. The summed E-state index contributed by atoms with van der Waals surface area (Å²) >= 11 is 0. The van der Waals surface area contributed by atoms with Crippen LogP contribution in [0.2, 0.25) is 0 Å². The van der Waals surface area contributed by atoms with E-state index in [9.17, 15) is 0 Å². The van der Waals surface area contributed by atoms with Crippen LogP contribution in [0.1, 0.15) is 11.4 Å². The molecule has 88 valence electrons. The molecule has 0 atom stereocenters. The van der Waals surface area contributed by atoms with Crippen molar-refractivity contribution in [2.45, 2.75) is 13.3 Å². The molecular weight excluding hydrogens is 204 g/mol. The first-order valence-electron chi connectivity index (χ1n) is 5.66. The lowest BCUT2D eigenvalue weighted by molar-refractivity contribution is 0.122. The van der Waals surface area contributed by atoms with Crippen LogP contribution in [0.4, 0.5) is 5.82 Å². The summed E-state index contributed by atoms with van der Waals surface area (Å²) in [5.41, 5.74) is 6.73. The van der Waals surface area contributed by atoms with E-state index < -0.39 is 0 Å². The SMILES string of the molecule is Cc1ncc(CCN)c(N2CCOCC2)n1. The Labute approximate surface area is 95.6 Å². The van der Waals surface area contributed by atoms with Crippen molar-refractivity contribution in [2.24, 2.45) is 5.73 Å². The van der Waals surface area contributed by atoms with Gasteiger partial charge >= 0.3 is 0 Å². The van der Waals surface area contributed by atoms with Gasteiger partial charge in [-0.3, -0.25) is 0 Å². The maximum Gasteiger partial charge on any atom is 0.135 e. The average Bonchev–Trinajstić information content (AvgIpc) is 2.33. The van der Waals surface area contributed by atoms with E-state index in [-0.39, 0.29) is 0 Å². The Kier molecular flexibility index (Phi) is 3.69. The fourth-order valence-electron chi connectivity index (χ4n) is 1.86. The normalized spacial score (nSPS) is 16.5. The number of hydrogen-bond acceptors (Lipinski definition) is 5. The highest BCUT2D eigenvalue weighted by Crippen LogP contribution is 2.18. The molecule has 2 rings (SSSR count). The second-order valence-corrected chi connectivity index (χ2v) is 3.90. The Morgan fingerprint density at radius 2 is 2.19 bits per heavy atom. The fraction of sp³-hybridized carbons (Fsp3) is 0.636. The van der Waals surface area contributed by atoms with Crippen LogP contribution in [0.3, 0.4) is 0 Å². The van der Waals surface area contributed by atoms with Crippen molar-refractivity contribution in [3.05, 3.63) is 17.6 Å². The molecule has 5 heteroatoms. The van der Waals surface area contributed by atoms with E-state index in [2.05, 4.69) is 14.9 Å². The van der Waals surface area contributed by atoms with Gasteiger partial charge in [-0.25, -0.2) is 9.97 Å². The smallest absolute Gasteiger partial charge is 0.135 e. The van der Waals surface area contributed by atoms with Crippen molar-refractivity contribution < 1.29 is 4.74 Å². The van der Waals surface area contributed by atoms with Gasteiger partial charge in [0.05, 0.1) is 13.2 Å². The van der Waals surface area contributed by atoms with E-state index in [1.165, 1.54) is 0 Å². The largest absolute Gasteiger partial charge is 0.378 e. The molecule has 1 aromatic heterocycles. The van der Waals surface area contributed by atoms with E-state index in [4.69, 9.17) is 10.5 Å². The number of anilines is 1. The highest BCUT2D eigenvalue weighted by Gasteiger charge is 2.16.